The summed E-state index contributed by atoms with van der Waals surface area (Å²) in [6, 6.07) is 9.22. The number of halogens is 4. The van der Waals surface area contributed by atoms with Crippen LogP contribution in [-0.4, -0.2) is 57.3 Å². The van der Waals surface area contributed by atoms with E-state index < -0.39 is 29.1 Å². The predicted molar refractivity (Wildman–Crippen MR) is 142 cm³/mol. The lowest BCUT2D eigenvalue weighted by atomic mass is 10.1. The van der Waals surface area contributed by atoms with Crippen molar-refractivity contribution in [1.29, 1.82) is 0 Å². The van der Waals surface area contributed by atoms with Crippen LogP contribution in [0.1, 0.15) is 26.3 Å². The number of nitrogens with one attached hydrogen (secondary N) is 1. The minimum absolute atomic E-state index is 0.00718. The van der Waals surface area contributed by atoms with E-state index in [2.05, 4.69) is 25.9 Å². The Morgan fingerprint density at radius 1 is 1.05 bits per heavy atom. The first kappa shape index (κ1) is 26.1. The molecule has 0 unspecified atom stereocenters. The number of H-pyrrole nitrogens is 1. The van der Waals surface area contributed by atoms with E-state index in [4.69, 9.17) is 4.74 Å². The molecule has 1 fully saturated rings. The molecule has 0 bridgehead atoms. The third-order valence-electron chi connectivity index (χ3n) is 6.29. The predicted octanol–water partition coefficient (Wildman–Crippen LogP) is 5.71. The number of carbonyl (C=O) groups excluding carboxylic acids is 1. The van der Waals surface area contributed by atoms with Gasteiger partial charge in [-0.3, -0.25) is 9.55 Å². The lowest BCUT2D eigenvalue weighted by molar-refractivity contribution is -0.137. The highest BCUT2D eigenvalue weighted by molar-refractivity contribution is 9.10. The summed E-state index contributed by atoms with van der Waals surface area (Å²) in [5, 5.41) is 0.617. The first-order valence-corrected chi connectivity index (χ1v) is 12.7. The third kappa shape index (κ3) is 4.96. The average Bonchev–Trinajstić information content (AvgIpc) is 3.18. The summed E-state index contributed by atoms with van der Waals surface area (Å²) < 4.78 is 50.3. The second-order valence-electron chi connectivity index (χ2n) is 10.1. The smallest absolute Gasteiger partial charge is 0.418 e. The second-order valence-corrected chi connectivity index (χ2v) is 11.0. The Bertz CT molecular complexity index is 1600. The van der Waals surface area contributed by atoms with Gasteiger partial charge in [-0.15, -0.1) is 0 Å². The highest BCUT2D eigenvalue weighted by atomic mass is 79.9. The van der Waals surface area contributed by atoms with Crippen LogP contribution in [0.5, 0.6) is 0 Å². The molecule has 0 spiro atoms. The minimum atomic E-state index is -4.67. The van der Waals surface area contributed by atoms with Crippen molar-refractivity contribution in [1.82, 2.24) is 19.4 Å². The van der Waals surface area contributed by atoms with E-state index in [-0.39, 0.29) is 37.6 Å². The van der Waals surface area contributed by atoms with E-state index in [0.29, 0.717) is 21.9 Å². The maximum Gasteiger partial charge on any atom is 0.418 e. The van der Waals surface area contributed by atoms with Gasteiger partial charge in [-0.1, -0.05) is 15.9 Å². The molecule has 1 aliphatic heterocycles. The molecule has 3 heterocycles. The van der Waals surface area contributed by atoms with Gasteiger partial charge in [0.2, 0.25) is 0 Å². The van der Waals surface area contributed by atoms with Crippen molar-refractivity contribution in [3.63, 3.8) is 0 Å². The fraction of sp³-hybridized carbons (Fsp3) is 0.346. The van der Waals surface area contributed by atoms with Crippen molar-refractivity contribution in [2.45, 2.75) is 32.5 Å². The van der Waals surface area contributed by atoms with E-state index in [9.17, 15) is 22.8 Å². The first-order valence-electron chi connectivity index (χ1n) is 12.0. The number of aromatic amines is 1. The van der Waals surface area contributed by atoms with Crippen LogP contribution in [0, 0.1) is 0 Å². The summed E-state index contributed by atoms with van der Waals surface area (Å²) in [7, 11) is 0. The summed E-state index contributed by atoms with van der Waals surface area (Å²) in [5.41, 5.74) is -0.563. The number of rotatable bonds is 2. The Morgan fingerprint density at radius 2 is 1.76 bits per heavy atom. The number of ether oxygens (including phenoxy) is 1. The van der Waals surface area contributed by atoms with Gasteiger partial charge >= 0.3 is 18.0 Å². The van der Waals surface area contributed by atoms with Crippen molar-refractivity contribution < 1.29 is 22.7 Å². The van der Waals surface area contributed by atoms with E-state index >= 15 is 0 Å². The molecule has 2 aromatic carbocycles. The summed E-state index contributed by atoms with van der Waals surface area (Å²) in [6.45, 7) is 6.14. The molecular weight excluding hydrogens is 567 g/mol. The van der Waals surface area contributed by atoms with Crippen LogP contribution >= 0.6 is 15.9 Å². The molecule has 0 saturated carbocycles. The zero-order valence-corrected chi connectivity index (χ0v) is 22.5. The van der Waals surface area contributed by atoms with Crippen LogP contribution in [0.3, 0.4) is 0 Å². The molecule has 200 valence electrons. The van der Waals surface area contributed by atoms with Gasteiger partial charge in [-0.05, 0) is 57.2 Å². The van der Waals surface area contributed by atoms with Crippen LogP contribution in [0.15, 0.2) is 51.9 Å². The molecule has 1 amide bonds. The van der Waals surface area contributed by atoms with Gasteiger partial charge in [0.05, 0.1) is 34.0 Å². The van der Waals surface area contributed by atoms with E-state index in [0.717, 1.165) is 10.5 Å². The maximum atomic E-state index is 14.3. The maximum absolute atomic E-state index is 14.3. The van der Waals surface area contributed by atoms with Crippen LogP contribution in [-0.2, 0) is 10.9 Å². The number of piperazine rings is 1. The van der Waals surface area contributed by atoms with Crippen LogP contribution in [0.2, 0.25) is 0 Å². The Balaban J connectivity index is 1.53. The van der Waals surface area contributed by atoms with Crippen molar-refractivity contribution in [2.75, 3.05) is 31.1 Å². The van der Waals surface area contributed by atoms with Crippen LogP contribution in [0.4, 0.5) is 23.7 Å². The summed E-state index contributed by atoms with van der Waals surface area (Å²) in [6.07, 6.45) is -3.67. The number of amides is 1. The third-order valence-corrected chi connectivity index (χ3v) is 6.78. The van der Waals surface area contributed by atoms with E-state index in [1.807, 2.05) is 0 Å². The number of fused-ring (bicyclic) bond motifs is 3. The molecule has 5 rings (SSSR count). The summed E-state index contributed by atoms with van der Waals surface area (Å²) >= 11 is 3.41. The number of hydrogen-bond acceptors (Lipinski definition) is 5. The van der Waals surface area contributed by atoms with Crippen molar-refractivity contribution in [3.05, 3.63) is 63.1 Å². The quantitative estimate of drug-likeness (QED) is 0.323. The molecule has 1 saturated heterocycles. The van der Waals surface area contributed by atoms with Gasteiger partial charge in [0.15, 0.2) is 0 Å². The topological polar surface area (TPSA) is 83.5 Å². The van der Waals surface area contributed by atoms with Gasteiger partial charge in [-0.25, -0.2) is 9.59 Å². The Morgan fingerprint density at radius 3 is 2.42 bits per heavy atom. The highest BCUT2D eigenvalue weighted by Crippen LogP contribution is 2.39. The standard InChI is InChI=1S/C26H25BrF3N5O3/c1-25(2,3)38-24(37)34-10-8-33(9-11-34)21-7-5-16(13-18(21)26(28,29)30)35-22-17-12-15(27)4-6-19(17)31-14-20(22)32-23(35)36/h4-7,12-14H,8-11H2,1-3H3,(H,32,36). The fourth-order valence-corrected chi connectivity index (χ4v) is 4.99. The number of imidazole rings is 1. The number of carbonyl (C=O) groups is 1. The second kappa shape index (κ2) is 9.33. The molecule has 0 aliphatic carbocycles. The summed E-state index contributed by atoms with van der Waals surface area (Å²) in [4.78, 5) is 35.4. The van der Waals surface area contributed by atoms with Crippen LogP contribution < -0.4 is 10.6 Å². The molecule has 0 radical (unpaired) electrons. The fourth-order valence-electron chi connectivity index (χ4n) is 4.62. The summed E-state index contributed by atoms with van der Waals surface area (Å²) in [5.74, 6) is 0. The zero-order valence-electron chi connectivity index (χ0n) is 20.9. The van der Waals surface area contributed by atoms with Crippen LogP contribution in [0.25, 0.3) is 27.6 Å². The normalized spacial score (nSPS) is 14.9. The molecule has 8 nitrogen and oxygen atoms in total. The number of pyridine rings is 1. The number of hydrogen-bond donors (Lipinski definition) is 1. The lowest BCUT2D eigenvalue weighted by Crippen LogP contribution is -2.50. The molecular formula is C26H25BrF3N5O3. The van der Waals surface area contributed by atoms with E-state index in [1.54, 1.807) is 43.9 Å². The lowest BCUT2D eigenvalue weighted by Gasteiger charge is -2.37. The molecule has 2 aromatic heterocycles. The van der Waals surface area contributed by atoms with E-state index in [1.165, 1.54) is 27.8 Å². The number of anilines is 1. The van der Waals surface area contributed by atoms with Gasteiger partial charge in [0, 0.05) is 41.7 Å². The molecule has 12 heteroatoms. The number of alkyl halides is 3. The zero-order chi connectivity index (χ0) is 27.4. The number of nitrogens with zero attached hydrogens (tertiary/aromatic N) is 4. The van der Waals surface area contributed by atoms with Crippen molar-refractivity contribution >= 4 is 49.6 Å². The van der Waals surface area contributed by atoms with Crippen molar-refractivity contribution in [3.8, 4) is 5.69 Å². The largest absolute Gasteiger partial charge is 0.444 e. The monoisotopic (exact) mass is 591 g/mol. The van der Waals surface area contributed by atoms with Gasteiger partial charge < -0.3 is 19.5 Å². The number of aromatic nitrogens is 3. The highest BCUT2D eigenvalue weighted by Gasteiger charge is 2.37. The Kier molecular flexibility index (Phi) is 6.41. The first-order chi connectivity index (χ1) is 17.8. The molecule has 1 N–H and O–H groups in total. The molecule has 0 atom stereocenters. The Labute approximate surface area is 224 Å². The molecule has 38 heavy (non-hydrogen) atoms. The average molecular weight is 592 g/mol. The van der Waals surface area contributed by atoms with Gasteiger partial charge in [0.1, 0.15) is 5.60 Å². The number of benzene rings is 2. The van der Waals surface area contributed by atoms with Gasteiger partial charge in [0.25, 0.3) is 0 Å². The van der Waals surface area contributed by atoms with Crippen molar-refractivity contribution in [2.24, 2.45) is 0 Å². The Hall–Kier alpha value is -3.54. The molecule has 1 aliphatic rings. The van der Waals surface area contributed by atoms with Gasteiger partial charge in [-0.2, -0.15) is 13.2 Å². The SMILES string of the molecule is CC(C)(C)OC(=O)N1CCN(c2ccc(-n3c(=O)[nH]c4cnc5ccc(Br)cc5c43)cc2C(F)(F)F)CC1. The molecule has 4 aromatic rings. The minimum Gasteiger partial charge on any atom is -0.444 e.